The molecule has 0 saturated heterocycles. The highest BCUT2D eigenvalue weighted by Gasteiger charge is 2.37. The molecule has 3 aromatic rings. The minimum absolute atomic E-state index is 0.0991. The third-order valence-electron chi connectivity index (χ3n) is 4.57. The predicted octanol–water partition coefficient (Wildman–Crippen LogP) is 6.17. The number of halogens is 3. The lowest BCUT2D eigenvalue weighted by Crippen LogP contribution is -2.27. The molecule has 0 unspecified atom stereocenters. The lowest BCUT2D eigenvalue weighted by Gasteiger charge is -2.19. The molecule has 38 heavy (non-hydrogen) atoms. The Hall–Kier alpha value is -3.02. The average molecular weight is 571 g/mol. The molecule has 0 saturated carbocycles. The van der Waals surface area contributed by atoms with Gasteiger partial charge in [0.2, 0.25) is 0 Å². The van der Waals surface area contributed by atoms with Gasteiger partial charge in [-0.2, -0.15) is 13.2 Å². The summed E-state index contributed by atoms with van der Waals surface area (Å²) in [6, 6.07) is 25.3. The summed E-state index contributed by atoms with van der Waals surface area (Å²) in [5.74, 6) is 0.285. The largest absolute Gasteiger partial charge is 0.741 e. The molecule has 0 fully saturated rings. The second kappa shape index (κ2) is 12.7. The van der Waals surface area contributed by atoms with Crippen molar-refractivity contribution in [3.05, 3.63) is 83.9 Å². The van der Waals surface area contributed by atoms with E-state index < -0.39 is 21.2 Å². The van der Waals surface area contributed by atoms with Gasteiger partial charge in [-0.1, -0.05) is 24.3 Å². The van der Waals surface area contributed by atoms with E-state index in [0.29, 0.717) is 5.75 Å². The normalized spacial score (nSPS) is 11.9. The van der Waals surface area contributed by atoms with Crippen molar-refractivity contribution in [1.82, 2.24) is 0 Å². The van der Waals surface area contributed by atoms with Crippen molar-refractivity contribution < 1.29 is 40.4 Å². The first kappa shape index (κ1) is 31.2. The lowest BCUT2D eigenvalue weighted by atomic mass is 10.2. The molecule has 0 bridgehead atoms. The summed E-state index contributed by atoms with van der Waals surface area (Å²) < 4.78 is 69.8. The van der Waals surface area contributed by atoms with E-state index >= 15 is 0 Å². The van der Waals surface area contributed by atoms with Crippen LogP contribution in [0.3, 0.4) is 0 Å². The predicted molar refractivity (Wildman–Crippen MR) is 138 cm³/mol. The first-order valence-electron chi connectivity index (χ1n) is 11.3. The molecule has 11 heteroatoms. The second-order valence-corrected chi connectivity index (χ2v) is 12.6. The number of alkyl halides is 3. The van der Waals surface area contributed by atoms with Crippen LogP contribution in [0.5, 0.6) is 5.75 Å². The molecule has 0 spiro atoms. The van der Waals surface area contributed by atoms with Crippen molar-refractivity contribution in [2.24, 2.45) is 0 Å². The maximum absolute atomic E-state index is 11.9. The van der Waals surface area contributed by atoms with Crippen LogP contribution in [0.4, 0.5) is 13.2 Å². The van der Waals surface area contributed by atoms with Gasteiger partial charge in [-0.3, -0.25) is 0 Å². The molecule has 6 nitrogen and oxygen atoms in total. The van der Waals surface area contributed by atoms with Crippen molar-refractivity contribution in [2.75, 3.05) is 6.61 Å². The summed E-state index contributed by atoms with van der Waals surface area (Å²) >= 11 is 0. The summed E-state index contributed by atoms with van der Waals surface area (Å²) in [5.41, 5.74) is -3.67. The van der Waals surface area contributed by atoms with Crippen molar-refractivity contribution in [3.63, 3.8) is 0 Å². The number of esters is 1. The van der Waals surface area contributed by atoms with Crippen LogP contribution >= 0.6 is 0 Å². The molecule has 0 heterocycles. The minimum atomic E-state index is -6.09. The highest BCUT2D eigenvalue weighted by atomic mass is 32.2. The molecular weight excluding hydrogens is 541 g/mol. The second-order valence-electron chi connectivity index (χ2n) is 9.19. The number of hydrogen-bond acceptors (Lipinski definition) is 6. The molecule has 0 atom stereocenters. The first-order valence-corrected chi connectivity index (χ1v) is 13.9. The van der Waals surface area contributed by atoms with Crippen molar-refractivity contribution >= 4 is 27.0 Å². The van der Waals surface area contributed by atoms with E-state index in [9.17, 15) is 18.0 Å². The fourth-order valence-corrected chi connectivity index (χ4v) is 5.34. The molecule has 206 valence electrons. The van der Waals surface area contributed by atoms with Crippen LogP contribution < -0.4 is 4.74 Å². The first-order chi connectivity index (χ1) is 17.5. The Morgan fingerprint density at radius 2 is 1.29 bits per heavy atom. The van der Waals surface area contributed by atoms with Gasteiger partial charge in [0.05, 0.1) is 10.9 Å². The zero-order chi connectivity index (χ0) is 28.7. The molecule has 3 rings (SSSR count). The number of hydrogen-bond donors (Lipinski definition) is 0. The van der Waals surface area contributed by atoms with Crippen LogP contribution in [0, 0.1) is 13.8 Å². The molecule has 0 N–H and O–H groups in total. The van der Waals surface area contributed by atoms with Crippen LogP contribution in [-0.4, -0.2) is 36.7 Å². The van der Waals surface area contributed by atoms with Crippen LogP contribution in [0.2, 0.25) is 0 Å². The van der Waals surface area contributed by atoms with Crippen LogP contribution in [0.15, 0.2) is 87.5 Å². The summed E-state index contributed by atoms with van der Waals surface area (Å²) in [6.07, 6.45) is 0. The summed E-state index contributed by atoms with van der Waals surface area (Å²) in [5, 5.41) is 0. The molecule has 0 amide bonds. The van der Waals surface area contributed by atoms with Gasteiger partial charge in [0.25, 0.3) is 0 Å². The highest BCUT2D eigenvalue weighted by Crippen LogP contribution is 2.33. The molecule has 0 aliphatic carbocycles. The quantitative estimate of drug-likeness (QED) is 0.152. The van der Waals surface area contributed by atoms with Crippen molar-refractivity contribution in [1.29, 1.82) is 0 Å². The maximum atomic E-state index is 11.9. The molecule has 0 radical (unpaired) electrons. The van der Waals surface area contributed by atoms with Gasteiger partial charge in [-0.05, 0) is 94.3 Å². The van der Waals surface area contributed by atoms with Gasteiger partial charge < -0.3 is 14.0 Å². The molecular formula is C27H29F3O6S2. The van der Waals surface area contributed by atoms with Gasteiger partial charge in [-0.25, -0.2) is 13.2 Å². The zero-order valence-electron chi connectivity index (χ0n) is 21.5. The number of ether oxygens (including phenoxy) is 2. The van der Waals surface area contributed by atoms with Crippen LogP contribution in [0.1, 0.15) is 31.9 Å². The molecule has 3 aromatic carbocycles. The van der Waals surface area contributed by atoms with Gasteiger partial charge >= 0.3 is 11.5 Å². The Morgan fingerprint density at radius 3 is 1.66 bits per heavy atom. The highest BCUT2D eigenvalue weighted by molar-refractivity contribution is 7.97. The number of carbonyl (C=O) groups excluding carboxylic acids is 1. The van der Waals surface area contributed by atoms with Gasteiger partial charge in [0.15, 0.2) is 31.4 Å². The topological polar surface area (TPSA) is 92.7 Å². The van der Waals surface area contributed by atoms with Crippen molar-refractivity contribution in [2.45, 2.75) is 60.4 Å². The van der Waals surface area contributed by atoms with Crippen molar-refractivity contribution in [3.8, 4) is 5.75 Å². The third-order valence-corrected chi connectivity index (χ3v) is 7.33. The van der Waals surface area contributed by atoms with Gasteiger partial charge in [0, 0.05) is 0 Å². The van der Waals surface area contributed by atoms with Crippen LogP contribution in [-0.2, 0) is 30.5 Å². The molecule has 0 aliphatic heterocycles. The summed E-state index contributed by atoms with van der Waals surface area (Å²) in [4.78, 5) is 15.7. The van der Waals surface area contributed by atoms with E-state index in [1.807, 2.05) is 32.9 Å². The fraction of sp³-hybridized carbons (Fsp3) is 0.296. The Balaban J connectivity index is 0.000000550. The fourth-order valence-electron chi connectivity index (χ4n) is 3.08. The van der Waals surface area contributed by atoms with Crippen LogP contribution in [0.25, 0.3) is 0 Å². The average Bonchev–Trinajstić information content (AvgIpc) is 2.77. The molecule has 0 aromatic heterocycles. The Kier molecular flexibility index (Phi) is 10.4. The van der Waals surface area contributed by atoms with E-state index in [-0.39, 0.29) is 23.5 Å². The number of aryl methyl sites for hydroxylation is 2. The number of benzene rings is 3. The van der Waals surface area contributed by atoms with E-state index in [1.54, 1.807) is 0 Å². The van der Waals surface area contributed by atoms with E-state index in [2.05, 4.69) is 74.5 Å². The summed E-state index contributed by atoms with van der Waals surface area (Å²) in [7, 11) is -6.31. The minimum Gasteiger partial charge on any atom is -0.741 e. The monoisotopic (exact) mass is 570 g/mol. The Morgan fingerprint density at radius 1 is 0.842 bits per heavy atom. The van der Waals surface area contributed by atoms with E-state index in [4.69, 9.17) is 22.4 Å². The van der Waals surface area contributed by atoms with Gasteiger partial charge in [0.1, 0.15) is 11.4 Å². The SMILES string of the molecule is Cc1cccc([S+](c2ccc(OCC(=O)OC(C)(C)C)cc2)c2cccc(C)c2)c1.O=S(=O)([O-])C(F)(F)F. The Labute approximate surface area is 223 Å². The number of rotatable bonds is 6. The third kappa shape index (κ3) is 10.0. The summed E-state index contributed by atoms with van der Waals surface area (Å²) in [6.45, 7) is 9.67. The van der Waals surface area contributed by atoms with E-state index in [1.165, 1.54) is 25.8 Å². The number of carbonyl (C=O) groups is 1. The molecule has 0 aliphatic rings. The standard InChI is InChI=1S/C26H29O3S.CHF3O3S/c1-19-8-6-10-23(16-19)30(24-11-7-9-20(2)17-24)22-14-12-21(13-15-22)28-18-25(27)29-26(3,4)5;2-1(3,4)8(5,6)7/h6-17H,18H2,1-5H3;(H,5,6,7)/q+1;/p-1. The Bertz CT molecular complexity index is 1290. The smallest absolute Gasteiger partial charge is 0.485 e. The maximum Gasteiger partial charge on any atom is 0.485 e. The van der Waals surface area contributed by atoms with Gasteiger partial charge in [-0.15, -0.1) is 0 Å². The zero-order valence-corrected chi connectivity index (χ0v) is 23.2. The lowest BCUT2D eigenvalue weighted by molar-refractivity contribution is -0.157. The van der Waals surface area contributed by atoms with E-state index in [0.717, 1.165) is 0 Å².